The van der Waals surface area contributed by atoms with Gasteiger partial charge in [-0.15, -0.1) is 0 Å². The van der Waals surface area contributed by atoms with E-state index in [9.17, 15) is 4.57 Å². The highest BCUT2D eigenvalue weighted by Crippen LogP contribution is 2.48. The van der Waals surface area contributed by atoms with E-state index in [1.54, 1.807) is 13.8 Å². The smallest absolute Gasteiger partial charge is 0.369 e. The Morgan fingerprint density at radius 1 is 1.20 bits per heavy atom. The first-order valence-corrected chi connectivity index (χ1v) is 8.70. The van der Waals surface area contributed by atoms with Crippen molar-refractivity contribution in [2.24, 2.45) is 0 Å². The van der Waals surface area contributed by atoms with Crippen LogP contribution in [0.5, 0.6) is 0 Å². The summed E-state index contributed by atoms with van der Waals surface area (Å²) in [4.78, 5) is 0. The third kappa shape index (κ3) is 5.33. The number of aryl methyl sites for hydroxylation is 1. The van der Waals surface area contributed by atoms with Gasteiger partial charge in [-0.1, -0.05) is 42.0 Å². The van der Waals surface area contributed by atoms with E-state index in [0.717, 1.165) is 6.42 Å². The second-order valence-electron chi connectivity index (χ2n) is 4.30. The van der Waals surface area contributed by atoms with Gasteiger partial charge in [0.15, 0.2) is 4.73 Å². The minimum Gasteiger partial charge on any atom is -0.369 e. The van der Waals surface area contributed by atoms with E-state index in [0.29, 0.717) is 19.8 Å². The van der Waals surface area contributed by atoms with Crippen LogP contribution in [0.3, 0.4) is 0 Å². The maximum Gasteiger partial charge on any atom is 0.388 e. The molecule has 0 aliphatic heterocycles. The van der Waals surface area contributed by atoms with Gasteiger partial charge in [-0.3, -0.25) is 4.57 Å². The van der Waals surface area contributed by atoms with E-state index in [-0.39, 0.29) is 4.73 Å². The fourth-order valence-electron chi connectivity index (χ4n) is 1.66. The summed E-state index contributed by atoms with van der Waals surface area (Å²) < 4.78 is 22.9. The first kappa shape index (κ1) is 17.3. The minimum absolute atomic E-state index is 0.160. The van der Waals surface area contributed by atoms with E-state index in [1.807, 2.05) is 0 Å². The lowest BCUT2D eigenvalue weighted by atomic mass is 10.1. The van der Waals surface area contributed by atoms with Crippen LogP contribution in [0.4, 0.5) is 0 Å². The van der Waals surface area contributed by atoms with Gasteiger partial charge in [0, 0.05) is 6.54 Å². The summed E-state index contributed by atoms with van der Waals surface area (Å²) in [6.45, 7) is 6.79. The van der Waals surface area contributed by atoms with Crippen molar-refractivity contribution in [1.82, 2.24) is 5.32 Å². The van der Waals surface area contributed by atoms with Gasteiger partial charge in [-0.05, 0) is 32.8 Å². The van der Waals surface area contributed by atoms with Crippen molar-refractivity contribution in [2.45, 2.75) is 27.2 Å². The first-order chi connectivity index (χ1) is 9.51. The molecule has 0 saturated carbocycles. The molecule has 20 heavy (non-hydrogen) atoms. The Hall–Kier alpha value is -0.740. The lowest BCUT2D eigenvalue weighted by molar-refractivity contribution is 0.232. The normalized spacial score (nSPS) is 11.3. The Morgan fingerprint density at radius 2 is 1.75 bits per heavy atom. The third-order valence-corrected chi connectivity index (χ3v) is 5.32. The average molecular weight is 315 g/mol. The molecule has 0 bridgehead atoms. The van der Waals surface area contributed by atoms with Crippen LogP contribution in [0.25, 0.3) is 0 Å². The van der Waals surface area contributed by atoms with Gasteiger partial charge < -0.3 is 14.4 Å². The van der Waals surface area contributed by atoms with Gasteiger partial charge >= 0.3 is 7.60 Å². The number of thiocarbonyl (C=S) groups is 1. The van der Waals surface area contributed by atoms with Crippen LogP contribution in [0, 0.1) is 6.92 Å². The summed E-state index contributed by atoms with van der Waals surface area (Å²) in [5, 5.41) is 2.97. The van der Waals surface area contributed by atoms with Crippen molar-refractivity contribution in [2.75, 3.05) is 19.8 Å². The second kappa shape index (κ2) is 8.53. The van der Waals surface area contributed by atoms with Gasteiger partial charge in [0.05, 0.1) is 13.2 Å². The van der Waals surface area contributed by atoms with E-state index in [4.69, 9.17) is 21.3 Å². The Kier molecular flexibility index (Phi) is 7.38. The summed E-state index contributed by atoms with van der Waals surface area (Å²) in [6, 6.07) is 8.29. The number of hydrogen-bond donors (Lipinski definition) is 1. The fourth-order valence-corrected chi connectivity index (χ4v) is 3.37. The second-order valence-corrected chi connectivity index (χ2v) is 6.97. The maximum absolute atomic E-state index is 12.4. The van der Waals surface area contributed by atoms with Crippen LogP contribution in [0.2, 0.25) is 0 Å². The first-order valence-electron chi connectivity index (χ1n) is 6.75. The molecule has 6 heteroatoms. The maximum atomic E-state index is 12.4. The molecule has 0 aliphatic carbocycles. The lowest BCUT2D eigenvalue weighted by Gasteiger charge is -2.18. The van der Waals surface area contributed by atoms with Crippen LogP contribution < -0.4 is 5.32 Å². The largest absolute Gasteiger partial charge is 0.388 e. The van der Waals surface area contributed by atoms with E-state index in [1.165, 1.54) is 11.1 Å². The Labute approximate surface area is 126 Å². The van der Waals surface area contributed by atoms with E-state index >= 15 is 0 Å². The molecule has 0 fully saturated rings. The van der Waals surface area contributed by atoms with Crippen LogP contribution in [-0.2, 0) is 20.0 Å². The molecule has 0 radical (unpaired) electrons. The number of benzene rings is 1. The standard InChI is InChI=1S/C14H22NO3PS/c1-4-17-19(16,18-5-2)14(20)15-11-10-13-8-6-12(3)7-9-13/h6-9H,4-5,10-11H2,1-3H3,(H,15,20). The Balaban J connectivity index is 2.49. The Bertz CT molecular complexity index is 466. The molecule has 0 atom stereocenters. The molecule has 1 N–H and O–H groups in total. The zero-order valence-electron chi connectivity index (χ0n) is 12.2. The summed E-state index contributed by atoms with van der Waals surface area (Å²) in [7, 11) is -3.32. The molecule has 0 aromatic heterocycles. The zero-order chi connectivity index (χ0) is 15.0. The van der Waals surface area contributed by atoms with Crippen molar-refractivity contribution in [3.05, 3.63) is 35.4 Å². The zero-order valence-corrected chi connectivity index (χ0v) is 13.9. The van der Waals surface area contributed by atoms with Crippen molar-refractivity contribution < 1.29 is 13.6 Å². The highest BCUT2D eigenvalue weighted by atomic mass is 32.1. The number of rotatable bonds is 8. The third-order valence-electron chi connectivity index (χ3n) is 2.66. The van der Waals surface area contributed by atoms with Crippen molar-refractivity contribution in [3.8, 4) is 0 Å². The lowest BCUT2D eigenvalue weighted by Crippen LogP contribution is -2.25. The minimum atomic E-state index is -3.32. The molecule has 0 saturated heterocycles. The molecule has 0 amide bonds. The average Bonchev–Trinajstić information content (AvgIpc) is 2.41. The molecule has 112 valence electrons. The molecular formula is C14H22NO3PS. The molecule has 1 aromatic rings. The van der Waals surface area contributed by atoms with Gasteiger partial charge in [0.25, 0.3) is 0 Å². The molecule has 0 heterocycles. The molecule has 0 unspecified atom stereocenters. The molecular weight excluding hydrogens is 293 g/mol. The van der Waals surface area contributed by atoms with Crippen LogP contribution in [0.1, 0.15) is 25.0 Å². The summed E-state index contributed by atoms with van der Waals surface area (Å²) in [5.74, 6) is 0. The van der Waals surface area contributed by atoms with Gasteiger partial charge in [0.2, 0.25) is 0 Å². The topological polar surface area (TPSA) is 47.6 Å². The van der Waals surface area contributed by atoms with E-state index in [2.05, 4.69) is 36.5 Å². The molecule has 4 nitrogen and oxygen atoms in total. The quantitative estimate of drug-likeness (QED) is 0.586. The van der Waals surface area contributed by atoms with Crippen molar-refractivity contribution >= 4 is 24.5 Å². The Morgan fingerprint density at radius 3 is 2.25 bits per heavy atom. The monoisotopic (exact) mass is 315 g/mol. The highest BCUT2D eigenvalue weighted by molar-refractivity contribution is 7.97. The number of nitrogens with one attached hydrogen (secondary N) is 1. The summed E-state index contributed by atoms with van der Waals surface area (Å²) >= 11 is 5.13. The summed E-state index contributed by atoms with van der Waals surface area (Å²) in [6.07, 6.45) is 0.804. The van der Waals surface area contributed by atoms with Gasteiger partial charge in [-0.25, -0.2) is 0 Å². The van der Waals surface area contributed by atoms with Gasteiger partial charge in [0.1, 0.15) is 0 Å². The van der Waals surface area contributed by atoms with Crippen molar-refractivity contribution in [1.29, 1.82) is 0 Å². The highest BCUT2D eigenvalue weighted by Gasteiger charge is 2.29. The molecule has 0 spiro atoms. The van der Waals surface area contributed by atoms with Crippen molar-refractivity contribution in [3.63, 3.8) is 0 Å². The van der Waals surface area contributed by atoms with E-state index < -0.39 is 7.60 Å². The van der Waals surface area contributed by atoms with Gasteiger partial charge in [-0.2, -0.15) is 0 Å². The SMILES string of the molecule is CCOP(=O)(OCC)C(=S)NCCc1ccc(C)cc1. The molecule has 1 rings (SSSR count). The molecule has 1 aromatic carbocycles. The predicted octanol–water partition coefficient (Wildman–Crippen LogP) is 3.68. The predicted molar refractivity (Wildman–Crippen MR) is 86.3 cm³/mol. The van der Waals surface area contributed by atoms with Crippen LogP contribution in [0.15, 0.2) is 24.3 Å². The number of hydrogen-bond acceptors (Lipinski definition) is 4. The summed E-state index contributed by atoms with van der Waals surface area (Å²) in [5.41, 5.74) is 2.43. The molecule has 0 aliphatic rings. The van der Waals surface area contributed by atoms with Crippen LogP contribution >= 0.6 is 19.8 Å². The van der Waals surface area contributed by atoms with Crippen LogP contribution in [-0.4, -0.2) is 24.5 Å². The fraction of sp³-hybridized carbons (Fsp3) is 0.500.